The van der Waals surface area contributed by atoms with Crippen LogP contribution in [0, 0.1) is 0 Å². The SMILES string of the molecule is CC1(C)OB(c2ccc(OCc3ccccc3)cc2-c2n[nH]nc2C(N)=O)OC1(C)C. The molecule has 0 radical (unpaired) electrons. The van der Waals surface area contributed by atoms with Gasteiger partial charge in [-0.2, -0.15) is 15.4 Å². The molecule has 1 aliphatic heterocycles. The average molecular weight is 420 g/mol. The van der Waals surface area contributed by atoms with Crippen molar-refractivity contribution in [2.45, 2.75) is 45.5 Å². The Balaban J connectivity index is 1.73. The fraction of sp³-hybridized carbons (Fsp3) is 0.318. The van der Waals surface area contributed by atoms with Crippen LogP contribution in [-0.4, -0.2) is 39.6 Å². The van der Waals surface area contributed by atoms with Gasteiger partial charge >= 0.3 is 7.12 Å². The molecule has 2 heterocycles. The van der Waals surface area contributed by atoms with Crippen molar-refractivity contribution < 1.29 is 18.8 Å². The molecule has 0 aliphatic carbocycles. The normalized spacial score (nSPS) is 17.0. The number of amides is 1. The Morgan fingerprint density at radius 3 is 2.39 bits per heavy atom. The molecular formula is C22H25BN4O4. The third-order valence-electron chi connectivity index (χ3n) is 5.82. The van der Waals surface area contributed by atoms with E-state index in [1.165, 1.54) is 0 Å². The minimum Gasteiger partial charge on any atom is -0.489 e. The van der Waals surface area contributed by atoms with Crippen LogP contribution < -0.4 is 15.9 Å². The number of aromatic nitrogens is 3. The van der Waals surface area contributed by atoms with E-state index in [-0.39, 0.29) is 5.69 Å². The second-order valence-corrected chi connectivity index (χ2v) is 8.50. The van der Waals surface area contributed by atoms with Gasteiger partial charge in [-0.3, -0.25) is 4.79 Å². The van der Waals surface area contributed by atoms with E-state index in [1.54, 1.807) is 6.07 Å². The number of nitrogens with two attached hydrogens (primary N) is 1. The summed E-state index contributed by atoms with van der Waals surface area (Å²) in [6, 6.07) is 15.4. The molecule has 9 heteroatoms. The number of carbonyl (C=O) groups is 1. The minimum atomic E-state index is -0.681. The van der Waals surface area contributed by atoms with Crippen molar-refractivity contribution in [2.24, 2.45) is 5.73 Å². The molecule has 160 valence electrons. The molecule has 1 aromatic heterocycles. The number of benzene rings is 2. The topological polar surface area (TPSA) is 112 Å². The van der Waals surface area contributed by atoms with Gasteiger partial charge in [-0.25, -0.2) is 0 Å². The second-order valence-electron chi connectivity index (χ2n) is 8.50. The molecule has 31 heavy (non-hydrogen) atoms. The number of H-pyrrole nitrogens is 1. The number of carbonyl (C=O) groups excluding carboxylic acids is 1. The molecule has 0 saturated carbocycles. The quantitative estimate of drug-likeness (QED) is 0.593. The predicted octanol–water partition coefficient (Wildman–Crippen LogP) is 2.45. The van der Waals surface area contributed by atoms with Gasteiger partial charge in [-0.1, -0.05) is 36.4 Å². The van der Waals surface area contributed by atoms with Crippen molar-refractivity contribution in [3.05, 3.63) is 59.8 Å². The van der Waals surface area contributed by atoms with E-state index in [0.717, 1.165) is 5.56 Å². The van der Waals surface area contributed by atoms with Gasteiger partial charge in [0.2, 0.25) is 0 Å². The fourth-order valence-corrected chi connectivity index (χ4v) is 3.34. The molecule has 1 fully saturated rings. The predicted molar refractivity (Wildman–Crippen MR) is 117 cm³/mol. The maximum Gasteiger partial charge on any atom is 0.495 e. The van der Waals surface area contributed by atoms with Crippen molar-refractivity contribution in [3.63, 3.8) is 0 Å². The summed E-state index contributed by atoms with van der Waals surface area (Å²) in [7, 11) is -0.652. The highest BCUT2D eigenvalue weighted by Crippen LogP contribution is 2.37. The van der Waals surface area contributed by atoms with Crippen LogP contribution in [0.3, 0.4) is 0 Å². The Kier molecular flexibility index (Phi) is 5.32. The van der Waals surface area contributed by atoms with Gasteiger partial charge in [0.1, 0.15) is 18.1 Å². The Labute approximate surface area is 181 Å². The fourth-order valence-electron chi connectivity index (χ4n) is 3.34. The molecule has 4 rings (SSSR count). The smallest absolute Gasteiger partial charge is 0.489 e. The van der Waals surface area contributed by atoms with E-state index in [0.29, 0.717) is 29.1 Å². The molecule has 2 aromatic carbocycles. The summed E-state index contributed by atoms with van der Waals surface area (Å²) in [6.45, 7) is 8.32. The highest BCUT2D eigenvalue weighted by Gasteiger charge is 2.52. The average Bonchev–Trinajstić information content (AvgIpc) is 3.29. The molecule has 1 aliphatic rings. The first-order valence-electron chi connectivity index (χ1n) is 10.1. The van der Waals surface area contributed by atoms with Gasteiger partial charge < -0.3 is 19.8 Å². The summed E-state index contributed by atoms with van der Waals surface area (Å²) < 4.78 is 18.4. The molecule has 1 amide bonds. The summed E-state index contributed by atoms with van der Waals surface area (Å²) in [5, 5.41) is 10.6. The van der Waals surface area contributed by atoms with Crippen molar-refractivity contribution in [1.82, 2.24) is 15.4 Å². The minimum absolute atomic E-state index is 0.0398. The first-order chi connectivity index (χ1) is 14.7. The van der Waals surface area contributed by atoms with Crippen LogP contribution in [0.5, 0.6) is 5.75 Å². The molecule has 1 saturated heterocycles. The number of rotatable bonds is 6. The molecule has 3 aromatic rings. The highest BCUT2D eigenvalue weighted by atomic mass is 16.7. The van der Waals surface area contributed by atoms with Crippen molar-refractivity contribution in [3.8, 4) is 17.0 Å². The van der Waals surface area contributed by atoms with Gasteiger partial charge in [0.15, 0.2) is 5.69 Å². The maximum atomic E-state index is 11.9. The number of hydrogen-bond acceptors (Lipinski definition) is 6. The summed E-state index contributed by atoms with van der Waals surface area (Å²) >= 11 is 0. The van der Waals surface area contributed by atoms with E-state index in [2.05, 4.69) is 15.4 Å². The number of nitrogens with zero attached hydrogens (tertiary/aromatic N) is 2. The zero-order valence-corrected chi connectivity index (χ0v) is 18.0. The zero-order chi connectivity index (χ0) is 22.2. The third-order valence-corrected chi connectivity index (χ3v) is 5.82. The van der Waals surface area contributed by atoms with Gasteiger partial charge in [-0.15, -0.1) is 0 Å². The summed E-state index contributed by atoms with van der Waals surface area (Å²) in [6.07, 6.45) is 0. The molecule has 0 bridgehead atoms. The first-order valence-corrected chi connectivity index (χ1v) is 10.1. The van der Waals surface area contributed by atoms with E-state index in [1.807, 2.05) is 70.2 Å². The molecular weight excluding hydrogens is 395 g/mol. The van der Waals surface area contributed by atoms with Crippen LogP contribution in [0.2, 0.25) is 0 Å². The van der Waals surface area contributed by atoms with Crippen molar-refractivity contribution in [2.75, 3.05) is 0 Å². The number of nitrogens with one attached hydrogen (secondary N) is 1. The van der Waals surface area contributed by atoms with E-state index >= 15 is 0 Å². The van der Waals surface area contributed by atoms with E-state index in [4.69, 9.17) is 19.8 Å². The van der Waals surface area contributed by atoms with Gasteiger partial charge in [0.25, 0.3) is 5.91 Å². The largest absolute Gasteiger partial charge is 0.495 e. The van der Waals surface area contributed by atoms with Gasteiger partial charge in [0, 0.05) is 5.56 Å². The third kappa shape index (κ3) is 4.06. The first kappa shape index (κ1) is 21.1. The van der Waals surface area contributed by atoms with Crippen LogP contribution >= 0.6 is 0 Å². The van der Waals surface area contributed by atoms with Crippen molar-refractivity contribution in [1.29, 1.82) is 0 Å². The van der Waals surface area contributed by atoms with Crippen LogP contribution in [0.25, 0.3) is 11.3 Å². The summed E-state index contributed by atoms with van der Waals surface area (Å²) in [5.41, 5.74) is 7.18. The van der Waals surface area contributed by atoms with Crippen LogP contribution in [0.4, 0.5) is 0 Å². The Bertz CT molecular complexity index is 1080. The van der Waals surface area contributed by atoms with E-state index in [9.17, 15) is 4.79 Å². The molecule has 8 nitrogen and oxygen atoms in total. The lowest BCUT2D eigenvalue weighted by atomic mass is 9.75. The standard InChI is InChI=1S/C22H25BN4O4/c1-21(2)22(3,4)31-23(30-21)17-11-10-15(29-13-14-8-6-5-7-9-14)12-16(17)18-19(20(24)28)26-27-25-18/h5-12H,13H2,1-4H3,(H2,24,28)(H,25,26,27). The highest BCUT2D eigenvalue weighted by molar-refractivity contribution is 6.64. The van der Waals surface area contributed by atoms with Gasteiger partial charge in [0.05, 0.1) is 11.2 Å². The van der Waals surface area contributed by atoms with Crippen LogP contribution in [0.1, 0.15) is 43.7 Å². The van der Waals surface area contributed by atoms with E-state index < -0.39 is 24.2 Å². The van der Waals surface area contributed by atoms with Crippen LogP contribution in [-0.2, 0) is 15.9 Å². The lowest BCUT2D eigenvalue weighted by molar-refractivity contribution is 0.00578. The number of aromatic amines is 1. The van der Waals surface area contributed by atoms with Gasteiger partial charge in [-0.05, 0) is 50.9 Å². The molecule has 0 atom stereocenters. The summed E-state index contributed by atoms with van der Waals surface area (Å²) in [4.78, 5) is 11.9. The Morgan fingerprint density at radius 1 is 1.06 bits per heavy atom. The zero-order valence-electron chi connectivity index (χ0n) is 18.0. The maximum absolute atomic E-state index is 11.9. The lowest BCUT2D eigenvalue weighted by Gasteiger charge is -2.32. The molecule has 0 spiro atoms. The Hall–Kier alpha value is -3.17. The number of hydrogen-bond donors (Lipinski definition) is 2. The lowest BCUT2D eigenvalue weighted by Crippen LogP contribution is -2.41. The second kappa shape index (κ2) is 7.83. The summed E-state index contributed by atoms with van der Waals surface area (Å²) in [5.74, 6) is -0.0724. The van der Waals surface area contributed by atoms with Crippen molar-refractivity contribution >= 4 is 18.5 Å². The Morgan fingerprint density at radius 2 is 1.74 bits per heavy atom. The van der Waals surface area contributed by atoms with Crippen LogP contribution in [0.15, 0.2) is 48.5 Å². The number of primary amides is 1. The monoisotopic (exact) mass is 420 g/mol. The number of ether oxygens (including phenoxy) is 1. The molecule has 3 N–H and O–H groups in total. The molecule has 0 unspecified atom stereocenters.